The number of esters is 1. The molecule has 0 saturated heterocycles. The lowest BCUT2D eigenvalue weighted by molar-refractivity contribution is -0.148. The number of ether oxygens (including phenoxy) is 2. The molecule has 1 atom stereocenters. The first-order chi connectivity index (χ1) is 8.24. The molecule has 0 amide bonds. The predicted octanol–water partition coefficient (Wildman–Crippen LogP) is 2.36. The van der Waals surface area contributed by atoms with Gasteiger partial charge in [0.25, 0.3) is 0 Å². The number of carbonyl (C=O) groups excluding carboxylic acids is 1. The third-order valence-electron chi connectivity index (χ3n) is 3.26. The van der Waals surface area contributed by atoms with Crippen LogP contribution in [0.5, 0.6) is 5.75 Å². The van der Waals surface area contributed by atoms with E-state index in [0.717, 1.165) is 25.0 Å². The van der Waals surface area contributed by atoms with Gasteiger partial charge in [0.1, 0.15) is 5.75 Å². The number of hydrogen-bond donors (Lipinski definition) is 0. The van der Waals surface area contributed by atoms with Crippen LogP contribution in [0.1, 0.15) is 24.5 Å². The van der Waals surface area contributed by atoms with Crippen molar-refractivity contribution in [1.29, 1.82) is 0 Å². The summed E-state index contributed by atoms with van der Waals surface area (Å²) in [5, 5.41) is 0. The summed E-state index contributed by atoms with van der Waals surface area (Å²) in [4.78, 5) is 11.7. The molecular formula is C14H18O3. The Balaban J connectivity index is 2.14. The van der Waals surface area contributed by atoms with Gasteiger partial charge in [0, 0.05) is 0 Å². The smallest absolute Gasteiger partial charge is 0.309 e. The van der Waals surface area contributed by atoms with Crippen molar-refractivity contribution in [2.45, 2.75) is 26.2 Å². The SMILES string of the molecule is CCOC(=O)[C@H]1CCc2ccc(OC)cc2C1. The van der Waals surface area contributed by atoms with Crippen molar-refractivity contribution in [3.63, 3.8) is 0 Å². The first kappa shape index (κ1) is 12.0. The van der Waals surface area contributed by atoms with Gasteiger partial charge < -0.3 is 9.47 Å². The molecule has 92 valence electrons. The topological polar surface area (TPSA) is 35.5 Å². The van der Waals surface area contributed by atoms with Crippen LogP contribution in [0.25, 0.3) is 0 Å². The molecule has 3 heteroatoms. The molecule has 0 bridgehead atoms. The predicted molar refractivity (Wildman–Crippen MR) is 65.1 cm³/mol. The van der Waals surface area contributed by atoms with E-state index in [9.17, 15) is 4.79 Å². The van der Waals surface area contributed by atoms with Gasteiger partial charge in [-0.1, -0.05) is 6.07 Å². The van der Waals surface area contributed by atoms with Crippen molar-refractivity contribution in [2.24, 2.45) is 5.92 Å². The molecule has 0 aliphatic heterocycles. The summed E-state index contributed by atoms with van der Waals surface area (Å²) in [7, 11) is 1.66. The molecule has 0 spiro atoms. The second kappa shape index (κ2) is 5.21. The van der Waals surface area contributed by atoms with Gasteiger partial charge in [0.15, 0.2) is 0 Å². The highest BCUT2D eigenvalue weighted by Crippen LogP contribution is 2.29. The van der Waals surface area contributed by atoms with E-state index in [-0.39, 0.29) is 11.9 Å². The molecule has 17 heavy (non-hydrogen) atoms. The van der Waals surface area contributed by atoms with Crippen molar-refractivity contribution in [3.05, 3.63) is 29.3 Å². The van der Waals surface area contributed by atoms with E-state index in [1.807, 2.05) is 19.1 Å². The van der Waals surface area contributed by atoms with E-state index in [2.05, 4.69) is 6.07 Å². The number of benzene rings is 1. The zero-order chi connectivity index (χ0) is 12.3. The minimum atomic E-state index is -0.0685. The number of carbonyl (C=O) groups is 1. The zero-order valence-corrected chi connectivity index (χ0v) is 10.4. The lowest BCUT2D eigenvalue weighted by atomic mass is 9.84. The highest BCUT2D eigenvalue weighted by atomic mass is 16.5. The summed E-state index contributed by atoms with van der Waals surface area (Å²) >= 11 is 0. The largest absolute Gasteiger partial charge is 0.497 e. The Kier molecular flexibility index (Phi) is 3.67. The van der Waals surface area contributed by atoms with Crippen molar-refractivity contribution >= 4 is 5.97 Å². The summed E-state index contributed by atoms with van der Waals surface area (Å²) in [6.45, 7) is 2.30. The fourth-order valence-electron chi connectivity index (χ4n) is 2.32. The molecule has 1 aliphatic carbocycles. The number of methoxy groups -OCH3 is 1. The molecule has 0 saturated carbocycles. The first-order valence-corrected chi connectivity index (χ1v) is 6.07. The fourth-order valence-corrected chi connectivity index (χ4v) is 2.32. The van der Waals surface area contributed by atoms with Gasteiger partial charge in [0.05, 0.1) is 19.6 Å². The lowest BCUT2D eigenvalue weighted by Crippen LogP contribution is -2.24. The molecule has 0 fully saturated rings. The molecule has 0 heterocycles. The van der Waals surface area contributed by atoms with Crippen LogP contribution in [0.2, 0.25) is 0 Å². The maximum Gasteiger partial charge on any atom is 0.309 e. The average molecular weight is 234 g/mol. The van der Waals surface area contributed by atoms with Gasteiger partial charge in [-0.15, -0.1) is 0 Å². The van der Waals surface area contributed by atoms with Crippen molar-refractivity contribution in [2.75, 3.05) is 13.7 Å². The molecule has 1 aromatic rings. The van der Waals surface area contributed by atoms with Gasteiger partial charge in [-0.25, -0.2) is 0 Å². The Morgan fingerprint density at radius 2 is 2.24 bits per heavy atom. The van der Waals surface area contributed by atoms with Crippen LogP contribution in [0.4, 0.5) is 0 Å². The van der Waals surface area contributed by atoms with E-state index in [1.54, 1.807) is 7.11 Å². The van der Waals surface area contributed by atoms with Crippen molar-refractivity contribution in [1.82, 2.24) is 0 Å². The minimum Gasteiger partial charge on any atom is -0.497 e. The van der Waals surface area contributed by atoms with Gasteiger partial charge in [-0.05, 0) is 49.4 Å². The standard InChI is InChI=1S/C14H18O3/c1-3-17-14(15)11-5-4-10-6-7-13(16-2)9-12(10)8-11/h6-7,9,11H,3-5,8H2,1-2H3/t11-/m0/s1. The molecule has 0 aromatic heterocycles. The van der Waals surface area contributed by atoms with E-state index in [0.29, 0.717) is 6.61 Å². The molecule has 0 unspecified atom stereocenters. The molecule has 0 radical (unpaired) electrons. The number of rotatable bonds is 3. The Bertz CT molecular complexity index is 412. The Morgan fingerprint density at radius 3 is 2.94 bits per heavy atom. The van der Waals surface area contributed by atoms with Crippen LogP contribution >= 0.6 is 0 Å². The highest BCUT2D eigenvalue weighted by Gasteiger charge is 2.25. The first-order valence-electron chi connectivity index (χ1n) is 6.07. The lowest BCUT2D eigenvalue weighted by Gasteiger charge is -2.23. The third-order valence-corrected chi connectivity index (χ3v) is 3.26. The van der Waals surface area contributed by atoms with Gasteiger partial charge in [-0.2, -0.15) is 0 Å². The normalized spacial score (nSPS) is 18.4. The van der Waals surface area contributed by atoms with Gasteiger partial charge >= 0.3 is 5.97 Å². The Morgan fingerprint density at radius 1 is 1.41 bits per heavy atom. The second-order valence-corrected chi connectivity index (χ2v) is 4.33. The molecule has 1 aliphatic rings. The highest BCUT2D eigenvalue weighted by molar-refractivity contribution is 5.73. The molecule has 1 aromatic carbocycles. The van der Waals surface area contributed by atoms with Crippen LogP contribution in [0, 0.1) is 5.92 Å². The molecule has 0 N–H and O–H groups in total. The van der Waals surface area contributed by atoms with E-state index >= 15 is 0 Å². The maximum absolute atomic E-state index is 11.7. The quantitative estimate of drug-likeness (QED) is 0.753. The van der Waals surface area contributed by atoms with E-state index in [4.69, 9.17) is 9.47 Å². The Labute approximate surface area is 102 Å². The van der Waals surface area contributed by atoms with E-state index in [1.165, 1.54) is 11.1 Å². The molecular weight excluding hydrogens is 216 g/mol. The van der Waals surface area contributed by atoms with Crippen molar-refractivity contribution < 1.29 is 14.3 Å². The Hall–Kier alpha value is -1.51. The molecule has 3 nitrogen and oxygen atoms in total. The zero-order valence-electron chi connectivity index (χ0n) is 10.4. The third kappa shape index (κ3) is 2.60. The van der Waals surface area contributed by atoms with Crippen LogP contribution in [-0.2, 0) is 22.4 Å². The van der Waals surface area contributed by atoms with Gasteiger partial charge in [0.2, 0.25) is 0 Å². The fraction of sp³-hybridized carbons (Fsp3) is 0.500. The van der Waals surface area contributed by atoms with Gasteiger partial charge in [-0.3, -0.25) is 4.79 Å². The second-order valence-electron chi connectivity index (χ2n) is 4.33. The summed E-state index contributed by atoms with van der Waals surface area (Å²) in [6.07, 6.45) is 2.60. The van der Waals surface area contributed by atoms with Crippen LogP contribution in [0.15, 0.2) is 18.2 Å². The summed E-state index contributed by atoms with van der Waals surface area (Å²) in [5.41, 5.74) is 2.54. The molecule has 2 rings (SSSR count). The number of aryl methyl sites for hydroxylation is 1. The minimum absolute atomic E-state index is 0.00885. The van der Waals surface area contributed by atoms with Crippen LogP contribution in [-0.4, -0.2) is 19.7 Å². The number of fused-ring (bicyclic) bond motifs is 1. The van der Waals surface area contributed by atoms with E-state index < -0.39 is 0 Å². The summed E-state index contributed by atoms with van der Waals surface area (Å²) in [5.74, 6) is 0.795. The van der Waals surface area contributed by atoms with Crippen LogP contribution < -0.4 is 4.74 Å². The van der Waals surface area contributed by atoms with Crippen molar-refractivity contribution in [3.8, 4) is 5.75 Å². The average Bonchev–Trinajstić information content (AvgIpc) is 2.37. The number of hydrogen-bond acceptors (Lipinski definition) is 3. The summed E-state index contributed by atoms with van der Waals surface area (Å²) in [6, 6.07) is 6.10. The van der Waals surface area contributed by atoms with Crippen LogP contribution in [0.3, 0.4) is 0 Å². The maximum atomic E-state index is 11.7. The summed E-state index contributed by atoms with van der Waals surface area (Å²) < 4.78 is 10.3. The monoisotopic (exact) mass is 234 g/mol.